The molecule has 0 bridgehead atoms. The molecule has 2 heterocycles. The van der Waals surface area contributed by atoms with E-state index in [9.17, 15) is 0 Å². The number of hydrogen-bond acceptors (Lipinski definition) is 7. The fourth-order valence-electron chi connectivity index (χ4n) is 2.39. The van der Waals surface area contributed by atoms with E-state index >= 15 is 0 Å². The summed E-state index contributed by atoms with van der Waals surface area (Å²) in [7, 11) is 1.63. The Morgan fingerprint density at radius 3 is 2.58 bits per heavy atom. The van der Waals surface area contributed by atoms with Crippen molar-refractivity contribution in [3.63, 3.8) is 0 Å². The van der Waals surface area contributed by atoms with Gasteiger partial charge in [0.2, 0.25) is 5.95 Å². The summed E-state index contributed by atoms with van der Waals surface area (Å²) >= 11 is 0. The van der Waals surface area contributed by atoms with Gasteiger partial charge in [0.1, 0.15) is 5.75 Å². The number of rotatable bonds is 7. The number of benzene rings is 1. The van der Waals surface area contributed by atoms with Gasteiger partial charge in [0.15, 0.2) is 5.82 Å². The highest BCUT2D eigenvalue weighted by atomic mass is 16.5. The van der Waals surface area contributed by atoms with Crippen LogP contribution < -0.4 is 21.1 Å². The second-order valence-corrected chi connectivity index (χ2v) is 6.32. The predicted octanol–water partition coefficient (Wildman–Crippen LogP) is 3.41. The molecule has 0 radical (unpaired) electrons. The Labute approximate surface area is 152 Å². The summed E-state index contributed by atoms with van der Waals surface area (Å²) in [6.45, 7) is 5.15. The van der Waals surface area contributed by atoms with Gasteiger partial charge >= 0.3 is 0 Å². The van der Waals surface area contributed by atoms with Crippen LogP contribution in [0.25, 0.3) is 0 Å². The summed E-state index contributed by atoms with van der Waals surface area (Å²) in [6, 6.07) is 7.51. The Balaban J connectivity index is 1.73. The van der Waals surface area contributed by atoms with Gasteiger partial charge in [0.25, 0.3) is 0 Å². The third-order valence-electron chi connectivity index (χ3n) is 3.61. The Hall–Kier alpha value is -3.29. The zero-order valence-corrected chi connectivity index (χ0v) is 15.1. The van der Waals surface area contributed by atoms with Crippen LogP contribution in [0.2, 0.25) is 0 Å². The van der Waals surface area contributed by atoms with E-state index in [4.69, 9.17) is 10.5 Å². The second kappa shape index (κ2) is 7.73. The number of anilines is 5. The average molecular weight is 353 g/mol. The van der Waals surface area contributed by atoms with E-state index in [1.807, 2.05) is 35.1 Å². The molecule has 0 amide bonds. The lowest BCUT2D eigenvalue weighted by Gasteiger charge is -2.10. The molecule has 4 N–H and O–H groups in total. The lowest BCUT2D eigenvalue weighted by atomic mass is 10.2. The summed E-state index contributed by atoms with van der Waals surface area (Å²) in [6.07, 6.45) is 5.24. The highest BCUT2D eigenvalue weighted by molar-refractivity contribution is 5.70. The third kappa shape index (κ3) is 4.41. The Bertz CT molecular complexity index is 858. The molecule has 3 rings (SSSR count). The van der Waals surface area contributed by atoms with Crippen molar-refractivity contribution in [2.75, 3.05) is 23.5 Å². The van der Waals surface area contributed by atoms with E-state index in [1.165, 1.54) is 0 Å². The molecule has 0 aliphatic carbocycles. The number of ether oxygens (including phenoxy) is 1. The number of methoxy groups -OCH3 is 1. The lowest BCUT2D eigenvalue weighted by Crippen LogP contribution is -2.05. The topological polar surface area (TPSA) is 103 Å². The van der Waals surface area contributed by atoms with Crippen LogP contribution in [0.1, 0.15) is 13.8 Å². The van der Waals surface area contributed by atoms with Crippen molar-refractivity contribution in [3.05, 3.63) is 42.9 Å². The van der Waals surface area contributed by atoms with Crippen molar-refractivity contribution >= 4 is 28.8 Å². The first-order valence-corrected chi connectivity index (χ1v) is 8.36. The number of nitrogens with one attached hydrogen (secondary N) is 2. The number of hydrogen-bond donors (Lipinski definition) is 3. The standard InChI is InChI=1S/C18H23N7O/c1-12(2)10-25-11-14(8-21-25)23-18-20-9-16(19)17(24-18)22-13-4-6-15(26-3)7-5-13/h4-9,11-12H,10,19H2,1-3H3,(H2,20,22,23,24). The maximum Gasteiger partial charge on any atom is 0.229 e. The fourth-order valence-corrected chi connectivity index (χ4v) is 2.39. The van der Waals surface area contributed by atoms with Crippen molar-refractivity contribution in [1.29, 1.82) is 0 Å². The van der Waals surface area contributed by atoms with Crippen LogP contribution in [0.4, 0.5) is 28.8 Å². The minimum absolute atomic E-state index is 0.444. The number of nitrogens with zero attached hydrogens (tertiary/aromatic N) is 4. The van der Waals surface area contributed by atoms with E-state index in [0.717, 1.165) is 23.7 Å². The Morgan fingerprint density at radius 2 is 1.88 bits per heavy atom. The quantitative estimate of drug-likeness (QED) is 0.598. The maximum absolute atomic E-state index is 5.99. The third-order valence-corrected chi connectivity index (χ3v) is 3.61. The van der Waals surface area contributed by atoms with Gasteiger partial charge in [0, 0.05) is 18.4 Å². The summed E-state index contributed by atoms with van der Waals surface area (Å²) in [5.74, 6) is 2.28. The molecule has 0 saturated heterocycles. The highest BCUT2D eigenvalue weighted by Crippen LogP contribution is 2.24. The molecule has 0 unspecified atom stereocenters. The number of aromatic nitrogens is 4. The van der Waals surface area contributed by atoms with Gasteiger partial charge in [-0.2, -0.15) is 10.1 Å². The normalized spacial score (nSPS) is 10.8. The average Bonchev–Trinajstić information content (AvgIpc) is 3.04. The molecule has 0 atom stereocenters. The monoisotopic (exact) mass is 353 g/mol. The van der Waals surface area contributed by atoms with Gasteiger partial charge in [-0.25, -0.2) is 4.98 Å². The lowest BCUT2D eigenvalue weighted by molar-refractivity contribution is 0.415. The van der Waals surface area contributed by atoms with Gasteiger partial charge in [-0.05, 0) is 30.2 Å². The highest BCUT2D eigenvalue weighted by Gasteiger charge is 2.07. The molecule has 0 aliphatic heterocycles. The first-order valence-electron chi connectivity index (χ1n) is 8.36. The van der Waals surface area contributed by atoms with Gasteiger partial charge < -0.3 is 21.1 Å². The van der Waals surface area contributed by atoms with Crippen molar-refractivity contribution < 1.29 is 4.74 Å². The number of nitrogens with two attached hydrogens (primary N) is 1. The molecule has 0 aliphatic rings. The fraction of sp³-hybridized carbons (Fsp3) is 0.278. The zero-order valence-electron chi connectivity index (χ0n) is 15.1. The van der Waals surface area contributed by atoms with Gasteiger partial charge in [-0.3, -0.25) is 4.68 Å². The molecule has 8 nitrogen and oxygen atoms in total. The van der Waals surface area contributed by atoms with E-state index in [1.54, 1.807) is 19.5 Å². The number of nitrogen functional groups attached to an aromatic ring is 1. The molecule has 2 aromatic heterocycles. The minimum Gasteiger partial charge on any atom is -0.497 e. The van der Waals surface area contributed by atoms with Crippen LogP contribution in [0.5, 0.6) is 5.75 Å². The van der Waals surface area contributed by atoms with Crippen molar-refractivity contribution in [1.82, 2.24) is 19.7 Å². The smallest absolute Gasteiger partial charge is 0.229 e. The molecule has 136 valence electrons. The summed E-state index contributed by atoms with van der Waals surface area (Å²) in [5.41, 5.74) is 8.13. The van der Waals surface area contributed by atoms with Crippen molar-refractivity contribution in [2.24, 2.45) is 5.92 Å². The van der Waals surface area contributed by atoms with E-state index in [0.29, 0.717) is 23.4 Å². The van der Waals surface area contributed by atoms with Crippen LogP contribution in [0.3, 0.4) is 0 Å². The molecule has 0 fully saturated rings. The molecule has 1 aromatic carbocycles. The first-order chi connectivity index (χ1) is 12.5. The van der Waals surface area contributed by atoms with Gasteiger partial charge in [-0.1, -0.05) is 13.8 Å². The summed E-state index contributed by atoms with van der Waals surface area (Å²) in [4.78, 5) is 8.68. The zero-order chi connectivity index (χ0) is 18.5. The van der Waals surface area contributed by atoms with Crippen molar-refractivity contribution in [3.8, 4) is 5.75 Å². The Morgan fingerprint density at radius 1 is 1.12 bits per heavy atom. The van der Waals surface area contributed by atoms with E-state index in [2.05, 4.69) is 39.5 Å². The SMILES string of the molecule is COc1ccc(Nc2nc(Nc3cnn(CC(C)C)c3)ncc2N)cc1. The maximum atomic E-state index is 5.99. The van der Waals surface area contributed by atoms with E-state index < -0.39 is 0 Å². The molecule has 3 aromatic rings. The second-order valence-electron chi connectivity index (χ2n) is 6.32. The molecule has 8 heteroatoms. The van der Waals surface area contributed by atoms with Crippen LogP contribution in [0, 0.1) is 5.92 Å². The summed E-state index contributed by atoms with van der Waals surface area (Å²) in [5, 5.41) is 10.7. The first kappa shape index (κ1) is 17.5. The van der Waals surface area contributed by atoms with Gasteiger partial charge in [0.05, 0.1) is 30.9 Å². The largest absolute Gasteiger partial charge is 0.497 e. The molecule has 0 spiro atoms. The van der Waals surface area contributed by atoms with Gasteiger partial charge in [-0.15, -0.1) is 0 Å². The van der Waals surface area contributed by atoms with Crippen LogP contribution in [-0.4, -0.2) is 26.9 Å². The van der Waals surface area contributed by atoms with Crippen LogP contribution in [-0.2, 0) is 6.54 Å². The van der Waals surface area contributed by atoms with Crippen LogP contribution in [0.15, 0.2) is 42.9 Å². The molecule has 0 saturated carbocycles. The Kier molecular flexibility index (Phi) is 5.21. The van der Waals surface area contributed by atoms with Crippen molar-refractivity contribution in [2.45, 2.75) is 20.4 Å². The molecular weight excluding hydrogens is 330 g/mol. The molecule has 26 heavy (non-hydrogen) atoms. The van der Waals surface area contributed by atoms with Crippen LogP contribution >= 0.6 is 0 Å². The summed E-state index contributed by atoms with van der Waals surface area (Å²) < 4.78 is 7.05. The van der Waals surface area contributed by atoms with E-state index in [-0.39, 0.29) is 0 Å². The molecular formula is C18H23N7O. The predicted molar refractivity (Wildman–Crippen MR) is 103 cm³/mol. The minimum atomic E-state index is 0.444.